The lowest BCUT2D eigenvalue weighted by atomic mass is 10.3. The molecule has 0 aliphatic heterocycles. The molecule has 0 amide bonds. The fourth-order valence-corrected chi connectivity index (χ4v) is 2.40. The number of hydrogen-bond donors (Lipinski definition) is 1. The first-order valence-corrected chi connectivity index (χ1v) is 6.68. The van der Waals surface area contributed by atoms with Gasteiger partial charge in [-0.3, -0.25) is 5.10 Å². The van der Waals surface area contributed by atoms with Crippen LogP contribution in [0.1, 0.15) is 0 Å². The number of benzene rings is 1. The molecule has 3 rings (SSSR count). The Morgan fingerprint density at radius 3 is 2.84 bits per heavy atom. The zero-order valence-corrected chi connectivity index (χ0v) is 12.3. The van der Waals surface area contributed by atoms with Crippen molar-refractivity contribution in [3.63, 3.8) is 0 Å². The van der Waals surface area contributed by atoms with Gasteiger partial charge in [0.05, 0.1) is 11.2 Å². The number of nitrogens with one attached hydrogen (secondary N) is 1. The van der Waals surface area contributed by atoms with Crippen LogP contribution in [0.3, 0.4) is 0 Å². The van der Waals surface area contributed by atoms with Gasteiger partial charge in [-0.15, -0.1) is 0 Å². The molecule has 0 unspecified atom stereocenters. The fourth-order valence-electron chi connectivity index (χ4n) is 1.52. The molecule has 19 heavy (non-hydrogen) atoms. The number of rotatable bonds is 2. The summed E-state index contributed by atoms with van der Waals surface area (Å²) in [5, 5.41) is 7.74. The molecule has 0 saturated carbocycles. The van der Waals surface area contributed by atoms with Crippen LogP contribution in [-0.4, -0.2) is 20.2 Å². The summed E-state index contributed by atoms with van der Waals surface area (Å²) in [6, 6.07) is 5.27. The van der Waals surface area contributed by atoms with E-state index in [4.69, 9.17) is 27.9 Å². The van der Waals surface area contributed by atoms with Gasteiger partial charge in [-0.25, -0.2) is 0 Å². The molecule has 0 bridgehead atoms. The smallest absolute Gasteiger partial charge is 0.234 e. The summed E-state index contributed by atoms with van der Waals surface area (Å²) in [6.07, 6.45) is 1.56. The van der Waals surface area contributed by atoms with Crippen molar-refractivity contribution in [3.8, 4) is 11.6 Å². The van der Waals surface area contributed by atoms with Crippen molar-refractivity contribution in [3.05, 3.63) is 39.2 Å². The van der Waals surface area contributed by atoms with Crippen LogP contribution in [0, 0.1) is 0 Å². The number of H-pyrrole nitrogens is 1. The van der Waals surface area contributed by atoms with Gasteiger partial charge in [-0.1, -0.05) is 27.5 Å². The average molecular weight is 360 g/mol. The molecule has 8 heteroatoms. The van der Waals surface area contributed by atoms with E-state index in [0.717, 1.165) is 4.47 Å². The zero-order chi connectivity index (χ0) is 13.4. The second kappa shape index (κ2) is 4.96. The van der Waals surface area contributed by atoms with Crippen LogP contribution in [0.15, 0.2) is 28.9 Å². The lowest BCUT2D eigenvalue weighted by molar-refractivity contribution is 0.468. The quantitative estimate of drug-likeness (QED) is 0.696. The molecule has 1 N–H and O–H groups in total. The van der Waals surface area contributed by atoms with Crippen LogP contribution in [0.2, 0.25) is 10.3 Å². The second-order valence-electron chi connectivity index (χ2n) is 3.61. The monoisotopic (exact) mass is 358 g/mol. The average Bonchev–Trinajstić information content (AvgIpc) is 2.80. The van der Waals surface area contributed by atoms with E-state index in [2.05, 4.69) is 36.1 Å². The molecule has 0 saturated heterocycles. The van der Waals surface area contributed by atoms with Gasteiger partial charge < -0.3 is 4.74 Å². The second-order valence-corrected chi connectivity index (χ2v) is 5.27. The maximum atomic E-state index is 6.09. The molecule has 96 valence electrons. The summed E-state index contributed by atoms with van der Waals surface area (Å²) in [6.45, 7) is 0. The highest BCUT2D eigenvalue weighted by Gasteiger charge is 2.12. The summed E-state index contributed by atoms with van der Waals surface area (Å²) in [4.78, 5) is 8.02. The van der Waals surface area contributed by atoms with Gasteiger partial charge in [0.2, 0.25) is 11.2 Å². The Kier molecular flexibility index (Phi) is 3.30. The third-order valence-corrected chi connectivity index (χ3v) is 3.31. The van der Waals surface area contributed by atoms with Crippen molar-refractivity contribution in [1.29, 1.82) is 0 Å². The Morgan fingerprint density at radius 2 is 2.05 bits per heavy atom. The van der Waals surface area contributed by atoms with Crippen LogP contribution < -0.4 is 4.74 Å². The van der Waals surface area contributed by atoms with Crippen LogP contribution >= 0.6 is 39.1 Å². The number of ether oxygens (including phenoxy) is 1. The SMILES string of the molecule is Clc1nc(Oc2ccc(Br)cc2Cl)c2cn[nH]c2n1. The van der Waals surface area contributed by atoms with Crippen molar-refractivity contribution < 1.29 is 4.74 Å². The van der Waals surface area contributed by atoms with E-state index in [1.165, 1.54) is 0 Å². The van der Waals surface area contributed by atoms with E-state index < -0.39 is 0 Å². The number of hydrogen-bond acceptors (Lipinski definition) is 4. The Labute approximate surface area is 126 Å². The van der Waals surface area contributed by atoms with Crippen molar-refractivity contribution in [2.75, 3.05) is 0 Å². The van der Waals surface area contributed by atoms with E-state index >= 15 is 0 Å². The fraction of sp³-hybridized carbons (Fsp3) is 0. The standard InChI is InChI=1S/C11H5BrCl2N4O/c12-5-1-2-8(7(13)3-5)19-10-6-4-15-18-9(6)16-11(14)17-10/h1-4H,(H,15,16,17,18). The highest BCUT2D eigenvalue weighted by Crippen LogP contribution is 2.33. The first kappa shape index (κ1) is 12.7. The van der Waals surface area contributed by atoms with Gasteiger partial charge in [0.1, 0.15) is 11.1 Å². The third kappa shape index (κ3) is 2.51. The number of aromatic amines is 1. The molecule has 3 aromatic rings. The van der Waals surface area contributed by atoms with Crippen LogP contribution in [0.25, 0.3) is 11.0 Å². The maximum Gasteiger partial charge on any atom is 0.234 e. The summed E-state index contributed by atoms with van der Waals surface area (Å²) in [7, 11) is 0. The van der Waals surface area contributed by atoms with Crippen molar-refractivity contribution in [1.82, 2.24) is 20.2 Å². The van der Waals surface area contributed by atoms with E-state index in [0.29, 0.717) is 27.7 Å². The van der Waals surface area contributed by atoms with Gasteiger partial charge in [0.25, 0.3) is 0 Å². The molecular formula is C11H5BrCl2N4O. The third-order valence-electron chi connectivity index (χ3n) is 2.35. The van der Waals surface area contributed by atoms with E-state index in [1.807, 2.05) is 6.07 Å². The molecule has 1 aromatic carbocycles. The largest absolute Gasteiger partial charge is 0.437 e. The van der Waals surface area contributed by atoms with Crippen LogP contribution in [0.5, 0.6) is 11.6 Å². The Bertz CT molecular complexity index is 762. The summed E-state index contributed by atoms with van der Waals surface area (Å²) < 4.78 is 6.53. The molecular weight excluding hydrogens is 355 g/mol. The van der Waals surface area contributed by atoms with E-state index in [1.54, 1.807) is 18.3 Å². The van der Waals surface area contributed by atoms with Crippen molar-refractivity contribution >= 4 is 50.2 Å². The molecule has 0 atom stereocenters. The molecule has 0 aliphatic carbocycles. The van der Waals surface area contributed by atoms with Crippen molar-refractivity contribution in [2.24, 2.45) is 0 Å². The minimum absolute atomic E-state index is 0.0694. The molecule has 0 radical (unpaired) electrons. The number of aromatic nitrogens is 4. The summed E-state index contributed by atoms with van der Waals surface area (Å²) >= 11 is 15.2. The minimum atomic E-state index is 0.0694. The Hall–Kier alpha value is -1.37. The van der Waals surface area contributed by atoms with Gasteiger partial charge in [0, 0.05) is 4.47 Å². The highest BCUT2D eigenvalue weighted by atomic mass is 79.9. The number of nitrogens with zero attached hydrogens (tertiary/aromatic N) is 3. The number of halogens is 3. The molecule has 2 heterocycles. The van der Waals surface area contributed by atoms with Crippen LogP contribution in [0.4, 0.5) is 0 Å². The molecule has 0 spiro atoms. The lowest BCUT2D eigenvalue weighted by Gasteiger charge is -2.07. The molecule has 0 aliphatic rings. The summed E-state index contributed by atoms with van der Waals surface area (Å²) in [5.74, 6) is 0.773. The first-order valence-electron chi connectivity index (χ1n) is 5.13. The van der Waals surface area contributed by atoms with Crippen molar-refractivity contribution in [2.45, 2.75) is 0 Å². The predicted molar refractivity (Wildman–Crippen MR) is 75.9 cm³/mol. The molecule has 2 aromatic heterocycles. The Morgan fingerprint density at radius 1 is 1.21 bits per heavy atom. The topological polar surface area (TPSA) is 63.7 Å². The maximum absolute atomic E-state index is 6.09. The highest BCUT2D eigenvalue weighted by molar-refractivity contribution is 9.10. The number of fused-ring (bicyclic) bond motifs is 1. The summed E-state index contributed by atoms with van der Waals surface area (Å²) in [5.41, 5.74) is 0.503. The van der Waals surface area contributed by atoms with Gasteiger partial charge >= 0.3 is 0 Å². The predicted octanol–water partition coefficient (Wildman–Crippen LogP) is 4.21. The normalized spacial score (nSPS) is 10.9. The lowest BCUT2D eigenvalue weighted by Crippen LogP contribution is -1.92. The molecule has 5 nitrogen and oxygen atoms in total. The Balaban J connectivity index is 2.07. The zero-order valence-electron chi connectivity index (χ0n) is 9.19. The van der Waals surface area contributed by atoms with Gasteiger partial charge in [-0.05, 0) is 29.8 Å². The van der Waals surface area contributed by atoms with E-state index in [9.17, 15) is 0 Å². The minimum Gasteiger partial charge on any atom is -0.437 e. The van der Waals surface area contributed by atoms with Gasteiger partial charge in [0.15, 0.2) is 5.65 Å². The van der Waals surface area contributed by atoms with Crippen LogP contribution in [-0.2, 0) is 0 Å². The first-order chi connectivity index (χ1) is 9.13. The molecule has 0 fully saturated rings. The van der Waals surface area contributed by atoms with Gasteiger partial charge in [-0.2, -0.15) is 15.1 Å². The van der Waals surface area contributed by atoms with E-state index in [-0.39, 0.29) is 5.28 Å².